The summed E-state index contributed by atoms with van der Waals surface area (Å²) in [6.07, 6.45) is 3.71. The van der Waals surface area contributed by atoms with Gasteiger partial charge in [-0.05, 0) is 43.4 Å². The molecular formula is C21H33IN4O3. The van der Waals surface area contributed by atoms with Gasteiger partial charge in [-0.25, -0.2) is 0 Å². The van der Waals surface area contributed by atoms with Gasteiger partial charge in [0.2, 0.25) is 5.91 Å². The molecule has 2 aliphatic heterocycles. The molecule has 2 saturated heterocycles. The smallest absolute Gasteiger partial charge is 0.225 e. The van der Waals surface area contributed by atoms with E-state index in [1.54, 1.807) is 12.1 Å². The third-order valence-corrected chi connectivity index (χ3v) is 5.54. The summed E-state index contributed by atoms with van der Waals surface area (Å²) in [7, 11) is 1.81. The van der Waals surface area contributed by atoms with Crippen LogP contribution in [-0.4, -0.2) is 79.8 Å². The van der Waals surface area contributed by atoms with E-state index in [0.29, 0.717) is 24.9 Å². The van der Waals surface area contributed by atoms with E-state index in [9.17, 15) is 9.90 Å². The minimum Gasteiger partial charge on any atom is -0.508 e. The molecule has 2 aliphatic rings. The number of carbonyl (C=O) groups is 1. The van der Waals surface area contributed by atoms with Gasteiger partial charge in [0.05, 0.1) is 13.2 Å². The van der Waals surface area contributed by atoms with Crippen molar-refractivity contribution >= 4 is 35.8 Å². The molecule has 0 atom stereocenters. The highest BCUT2D eigenvalue weighted by Gasteiger charge is 2.30. The second-order valence-electron chi connectivity index (χ2n) is 7.44. The number of hydrogen-bond donors (Lipinski definition) is 2. The summed E-state index contributed by atoms with van der Waals surface area (Å²) in [5.74, 6) is 1.64. The van der Waals surface area contributed by atoms with E-state index in [4.69, 9.17) is 4.74 Å². The number of phenols is 1. The number of rotatable bonds is 5. The van der Waals surface area contributed by atoms with Crippen molar-refractivity contribution < 1.29 is 14.6 Å². The first-order chi connectivity index (χ1) is 13.7. The van der Waals surface area contributed by atoms with E-state index < -0.39 is 0 Å². The van der Waals surface area contributed by atoms with Crippen molar-refractivity contribution in [2.45, 2.75) is 25.7 Å². The van der Waals surface area contributed by atoms with Crippen molar-refractivity contribution in [3.05, 3.63) is 29.8 Å². The highest BCUT2D eigenvalue weighted by atomic mass is 127. The normalized spacial score (nSPS) is 18.3. The van der Waals surface area contributed by atoms with E-state index in [1.165, 1.54) is 5.56 Å². The zero-order valence-electron chi connectivity index (χ0n) is 17.2. The van der Waals surface area contributed by atoms with E-state index in [-0.39, 0.29) is 29.9 Å². The van der Waals surface area contributed by atoms with Crippen molar-refractivity contribution in [3.63, 3.8) is 0 Å². The molecule has 29 heavy (non-hydrogen) atoms. The van der Waals surface area contributed by atoms with Crippen LogP contribution in [0, 0.1) is 5.92 Å². The number of piperidine rings is 1. The maximum atomic E-state index is 12.7. The quantitative estimate of drug-likeness (QED) is 0.271. The fourth-order valence-corrected chi connectivity index (χ4v) is 3.87. The standard InChI is InChI=1S/C21H32N4O3.HI/c1-22-21(23-10-2-3-17-4-6-19(26)7-5-17)25-11-8-18(9-12-25)20(27)24-13-15-28-16-14-24;/h4-7,18,26H,2-3,8-16H2,1H3,(H,22,23);1H. The number of aliphatic imine (C=N–C) groups is 1. The molecule has 3 rings (SSSR count). The number of aryl methyl sites for hydroxylation is 1. The maximum absolute atomic E-state index is 12.7. The summed E-state index contributed by atoms with van der Waals surface area (Å²) in [5, 5.41) is 12.8. The molecule has 0 spiro atoms. The highest BCUT2D eigenvalue weighted by Crippen LogP contribution is 2.20. The number of nitrogens with one attached hydrogen (secondary N) is 1. The molecule has 2 fully saturated rings. The van der Waals surface area contributed by atoms with Crippen LogP contribution in [0.15, 0.2) is 29.3 Å². The maximum Gasteiger partial charge on any atom is 0.225 e. The Bertz CT molecular complexity index is 654. The topological polar surface area (TPSA) is 77.4 Å². The summed E-state index contributed by atoms with van der Waals surface area (Å²) in [4.78, 5) is 21.3. The fraction of sp³-hybridized carbons (Fsp3) is 0.619. The molecule has 0 radical (unpaired) electrons. The molecule has 0 saturated carbocycles. The van der Waals surface area contributed by atoms with Gasteiger partial charge in [-0.3, -0.25) is 9.79 Å². The summed E-state index contributed by atoms with van der Waals surface area (Å²) in [6, 6.07) is 7.37. The largest absolute Gasteiger partial charge is 0.508 e. The lowest BCUT2D eigenvalue weighted by Crippen LogP contribution is -2.50. The van der Waals surface area contributed by atoms with Gasteiger partial charge in [-0.15, -0.1) is 24.0 Å². The Balaban J connectivity index is 0.00000300. The fourth-order valence-electron chi connectivity index (χ4n) is 3.87. The SMILES string of the molecule is CN=C(NCCCc1ccc(O)cc1)N1CCC(C(=O)N2CCOCC2)CC1.I. The molecule has 2 heterocycles. The molecule has 2 N–H and O–H groups in total. The first-order valence-electron chi connectivity index (χ1n) is 10.3. The Hall–Kier alpha value is -1.55. The van der Waals surface area contributed by atoms with Crippen molar-refractivity contribution in [1.29, 1.82) is 0 Å². The molecule has 0 unspecified atom stereocenters. The van der Waals surface area contributed by atoms with Crippen LogP contribution in [0.4, 0.5) is 0 Å². The van der Waals surface area contributed by atoms with Crippen LogP contribution in [-0.2, 0) is 16.0 Å². The third-order valence-electron chi connectivity index (χ3n) is 5.54. The Morgan fingerprint density at radius 1 is 1.14 bits per heavy atom. The summed E-state index contributed by atoms with van der Waals surface area (Å²) >= 11 is 0. The zero-order chi connectivity index (χ0) is 19.8. The number of guanidine groups is 1. The van der Waals surface area contributed by atoms with Gasteiger partial charge < -0.3 is 25.0 Å². The van der Waals surface area contributed by atoms with E-state index in [2.05, 4.69) is 15.2 Å². The van der Waals surface area contributed by atoms with Crippen LogP contribution in [0.25, 0.3) is 0 Å². The number of morpholine rings is 1. The van der Waals surface area contributed by atoms with Gasteiger partial charge in [-0.1, -0.05) is 12.1 Å². The zero-order valence-corrected chi connectivity index (χ0v) is 19.5. The van der Waals surface area contributed by atoms with Crippen LogP contribution in [0.5, 0.6) is 5.75 Å². The number of aromatic hydroxyl groups is 1. The van der Waals surface area contributed by atoms with E-state index in [1.807, 2.05) is 24.1 Å². The van der Waals surface area contributed by atoms with Crippen LogP contribution in [0.1, 0.15) is 24.8 Å². The highest BCUT2D eigenvalue weighted by molar-refractivity contribution is 14.0. The van der Waals surface area contributed by atoms with Crippen LogP contribution in [0.2, 0.25) is 0 Å². The minimum absolute atomic E-state index is 0. The predicted octanol–water partition coefficient (Wildman–Crippen LogP) is 2.09. The second-order valence-corrected chi connectivity index (χ2v) is 7.44. The lowest BCUT2D eigenvalue weighted by Gasteiger charge is -2.36. The number of halogens is 1. The molecular weight excluding hydrogens is 483 g/mol. The lowest BCUT2D eigenvalue weighted by atomic mass is 9.95. The van der Waals surface area contributed by atoms with Crippen molar-refractivity contribution in [3.8, 4) is 5.75 Å². The molecule has 0 aromatic heterocycles. The molecule has 1 aromatic rings. The summed E-state index contributed by atoms with van der Waals surface area (Å²) < 4.78 is 5.34. The number of benzene rings is 1. The minimum atomic E-state index is 0. The average molecular weight is 516 g/mol. The molecule has 0 aliphatic carbocycles. The Morgan fingerprint density at radius 2 is 1.79 bits per heavy atom. The van der Waals surface area contributed by atoms with Crippen molar-refractivity contribution in [1.82, 2.24) is 15.1 Å². The van der Waals surface area contributed by atoms with Crippen LogP contribution in [0.3, 0.4) is 0 Å². The van der Waals surface area contributed by atoms with Gasteiger partial charge >= 0.3 is 0 Å². The first-order valence-corrected chi connectivity index (χ1v) is 10.3. The lowest BCUT2D eigenvalue weighted by molar-refractivity contribution is -0.140. The van der Waals surface area contributed by atoms with Gasteiger partial charge in [0, 0.05) is 45.7 Å². The van der Waals surface area contributed by atoms with Gasteiger partial charge in [-0.2, -0.15) is 0 Å². The monoisotopic (exact) mass is 516 g/mol. The third kappa shape index (κ3) is 7.02. The molecule has 162 valence electrons. The Labute approximate surface area is 190 Å². The number of amides is 1. The molecule has 8 heteroatoms. The van der Waals surface area contributed by atoms with Crippen molar-refractivity contribution in [2.75, 3.05) is 53.0 Å². The Kier molecular flexibility index (Phi) is 9.99. The van der Waals surface area contributed by atoms with Crippen LogP contribution >= 0.6 is 24.0 Å². The first kappa shape index (κ1) is 23.7. The molecule has 0 bridgehead atoms. The average Bonchev–Trinajstić information content (AvgIpc) is 2.75. The summed E-state index contributed by atoms with van der Waals surface area (Å²) in [5.41, 5.74) is 1.22. The van der Waals surface area contributed by atoms with Gasteiger partial charge in [0.1, 0.15) is 5.75 Å². The van der Waals surface area contributed by atoms with Crippen LogP contribution < -0.4 is 5.32 Å². The predicted molar refractivity (Wildman–Crippen MR) is 125 cm³/mol. The van der Waals surface area contributed by atoms with E-state index >= 15 is 0 Å². The number of likely N-dealkylation sites (tertiary alicyclic amines) is 1. The molecule has 1 aromatic carbocycles. The number of hydrogen-bond acceptors (Lipinski definition) is 4. The summed E-state index contributed by atoms with van der Waals surface area (Å²) in [6.45, 7) is 5.33. The molecule has 1 amide bonds. The number of phenolic OH excluding ortho intramolecular Hbond substituents is 1. The van der Waals surface area contributed by atoms with Gasteiger partial charge in [0.25, 0.3) is 0 Å². The van der Waals surface area contributed by atoms with E-state index in [0.717, 1.165) is 64.4 Å². The van der Waals surface area contributed by atoms with Crippen molar-refractivity contribution in [2.24, 2.45) is 10.9 Å². The number of nitrogens with zero attached hydrogens (tertiary/aromatic N) is 3. The number of ether oxygens (including phenoxy) is 1. The van der Waals surface area contributed by atoms with Gasteiger partial charge in [0.15, 0.2) is 5.96 Å². The second kappa shape index (κ2) is 12.2. The Morgan fingerprint density at radius 3 is 2.41 bits per heavy atom. The molecule has 7 nitrogen and oxygen atoms in total. The number of carbonyl (C=O) groups excluding carboxylic acids is 1.